The predicted octanol–water partition coefficient (Wildman–Crippen LogP) is 2.55. The monoisotopic (exact) mass is 246 g/mol. The maximum Gasteiger partial charge on any atom is 0.354 e. The highest BCUT2D eigenvalue weighted by Crippen LogP contribution is 2.38. The number of fused-ring (bicyclic) bond motifs is 1. The third kappa shape index (κ3) is 1.96. The topological polar surface area (TPSA) is 53.4 Å². The van der Waals surface area contributed by atoms with Crippen molar-refractivity contribution in [1.29, 1.82) is 0 Å². The zero-order chi connectivity index (χ0) is 12.5. The van der Waals surface area contributed by atoms with Gasteiger partial charge in [0, 0.05) is 12.6 Å². The molecule has 1 aromatic rings. The number of carbonyl (C=O) groups is 1. The van der Waals surface area contributed by atoms with Crippen molar-refractivity contribution in [2.24, 2.45) is 5.92 Å². The number of aromatic carboxylic acids is 1. The summed E-state index contributed by atoms with van der Waals surface area (Å²) in [6.45, 7) is 1.08. The highest BCUT2D eigenvalue weighted by Gasteiger charge is 2.35. The summed E-state index contributed by atoms with van der Waals surface area (Å²) in [5, 5.41) is 8.86. The van der Waals surface area contributed by atoms with Gasteiger partial charge in [0.2, 0.25) is 0 Å². The predicted molar refractivity (Wildman–Crippen MR) is 68.9 cm³/mol. The van der Waals surface area contributed by atoms with Crippen LogP contribution in [0, 0.1) is 5.92 Å². The Morgan fingerprint density at radius 3 is 2.83 bits per heavy atom. The summed E-state index contributed by atoms with van der Waals surface area (Å²) in [6, 6.07) is 4.16. The lowest BCUT2D eigenvalue weighted by Gasteiger charge is -2.39. The van der Waals surface area contributed by atoms with Gasteiger partial charge in [-0.25, -0.2) is 9.78 Å². The molecule has 18 heavy (non-hydrogen) atoms. The molecule has 0 amide bonds. The number of carboxylic acid groups (broad SMARTS) is 1. The standard InChI is InChI=1S/C14H18N2O2/c17-14(18)12-7-6-11(9-15-12)16-8-2-4-10-3-1-5-13(10)16/h6-7,9-10,13H,1-5,8H2,(H,17,18). The van der Waals surface area contributed by atoms with Gasteiger partial charge >= 0.3 is 5.97 Å². The Labute approximate surface area is 107 Å². The van der Waals surface area contributed by atoms with Crippen LogP contribution in [0.4, 0.5) is 5.69 Å². The average Bonchev–Trinajstić information content (AvgIpc) is 2.87. The smallest absolute Gasteiger partial charge is 0.354 e. The van der Waals surface area contributed by atoms with Gasteiger partial charge in [-0.2, -0.15) is 0 Å². The largest absolute Gasteiger partial charge is 0.477 e. The molecule has 0 bridgehead atoms. The lowest BCUT2D eigenvalue weighted by molar-refractivity contribution is 0.0690. The number of aromatic nitrogens is 1. The van der Waals surface area contributed by atoms with Crippen molar-refractivity contribution < 1.29 is 9.90 Å². The first kappa shape index (κ1) is 11.5. The Bertz CT molecular complexity index is 444. The minimum absolute atomic E-state index is 0.124. The van der Waals surface area contributed by atoms with Crippen LogP contribution in [0.2, 0.25) is 0 Å². The third-order valence-electron chi connectivity index (χ3n) is 4.29. The Morgan fingerprint density at radius 2 is 2.11 bits per heavy atom. The minimum atomic E-state index is -0.959. The van der Waals surface area contributed by atoms with Crippen molar-refractivity contribution in [1.82, 2.24) is 4.98 Å². The molecular weight excluding hydrogens is 228 g/mol. The van der Waals surface area contributed by atoms with E-state index in [0.29, 0.717) is 6.04 Å². The molecule has 4 heteroatoms. The van der Waals surface area contributed by atoms with Crippen LogP contribution >= 0.6 is 0 Å². The van der Waals surface area contributed by atoms with Crippen LogP contribution in [0.1, 0.15) is 42.6 Å². The fraction of sp³-hybridized carbons (Fsp3) is 0.571. The first-order chi connectivity index (χ1) is 8.75. The molecule has 1 aliphatic heterocycles. The number of pyridine rings is 1. The maximum atomic E-state index is 10.8. The summed E-state index contributed by atoms with van der Waals surface area (Å²) < 4.78 is 0. The van der Waals surface area contributed by atoms with Crippen molar-refractivity contribution >= 4 is 11.7 Å². The van der Waals surface area contributed by atoms with E-state index in [-0.39, 0.29) is 5.69 Å². The molecular formula is C14H18N2O2. The molecule has 1 aromatic heterocycles. The van der Waals surface area contributed by atoms with Crippen molar-refractivity contribution in [2.45, 2.75) is 38.1 Å². The molecule has 0 aromatic carbocycles. The summed E-state index contributed by atoms with van der Waals surface area (Å²) in [5.41, 5.74) is 1.20. The second kappa shape index (κ2) is 4.59. The molecule has 1 saturated carbocycles. The van der Waals surface area contributed by atoms with Crippen LogP contribution in [0.25, 0.3) is 0 Å². The van der Waals surface area contributed by atoms with Crippen molar-refractivity contribution in [3.8, 4) is 0 Å². The number of hydrogen-bond acceptors (Lipinski definition) is 3. The molecule has 0 radical (unpaired) electrons. The Morgan fingerprint density at radius 1 is 1.28 bits per heavy atom. The molecule has 2 aliphatic rings. The molecule has 3 rings (SSSR count). The van der Waals surface area contributed by atoms with Gasteiger partial charge in [-0.3, -0.25) is 0 Å². The quantitative estimate of drug-likeness (QED) is 0.871. The summed E-state index contributed by atoms with van der Waals surface area (Å²) in [7, 11) is 0. The fourth-order valence-electron chi connectivity index (χ4n) is 3.46. The molecule has 1 aliphatic carbocycles. The van der Waals surface area contributed by atoms with E-state index < -0.39 is 5.97 Å². The molecule has 2 unspecified atom stereocenters. The van der Waals surface area contributed by atoms with Gasteiger partial charge in [-0.05, 0) is 43.7 Å². The van der Waals surface area contributed by atoms with Crippen molar-refractivity contribution in [2.75, 3.05) is 11.4 Å². The van der Waals surface area contributed by atoms with E-state index in [1.807, 2.05) is 6.07 Å². The molecule has 0 spiro atoms. The van der Waals surface area contributed by atoms with Gasteiger partial charge in [0.1, 0.15) is 5.69 Å². The highest BCUT2D eigenvalue weighted by atomic mass is 16.4. The third-order valence-corrected chi connectivity index (χ3v) is 4.29. The molecule has 2 heterocycles. The van der Waals surface area contributed by atoms with Gasteiger partial charge in [-0.15, -0.1) is 0 Å². The Kier molecular flexibility index (Phi) is 2.94. The van der Waals surface area contributed by atoms with Crippen LogP contribution in [-0.2, 0) is 0 Å². The normalized spacial score (nSPS) is 27.0. The number of hydrogen-bond donors (Lipinski definition) is 1. The number of carboxylic acids is 1. The van der Waals surface area contributed by atoms with E-state index in [0.717, 1.165) is 18.2 Å². The zero-order valence-electron chi connectivity index (χ0n) is 10.4. The number of anilines is 1. The van der Waals surface area contributed by atoms with E-state index in [2.05, 4.69) is 9.88 Å². The number of nitrogens with zero attached hydrogens (tertiary/aromatic N) is 2. The summed E-state index contributed by atoms with van der Waals surface area (Å²) in [6.07, 6.45) is 8.24. The SMILES string of the molecule is O=C(O)c1ccc(N2CCCC3CCCC32)cn1. The lowest BCUT2D eigenvalue weighted by atomic mass is 9.91. The Hall–Kier alpha value is -1.58. The van der Waals surface area contributed by atoms with Crippen LogP contribution in [-0.4, -0.2) is 28.6 Å². The van der Waals surface area contributed by atoms with Gasteiger partial charge in [0.05, 0.1) is 11.9 Å². The average molecular weight is 246 g/mol. The minimum Gasteiger partial charge on any atom is -0.477 e. The van der Waals surface area contributed by atoms with E-state index in [4.69, 9.17) is 5.11 Å². The summed E-state index contributed by atoms with van der Waals surface area (Å²) in [4.78, 5) is 17.3. The highest BCUT2D eigenvalue weighted by molar-refractivity contribution is 5.85. The first-order valence-corrected chi connectivity index (χ1v) is 6.72. The van der Waals surface area contributed by atoms with Crippen LogP contribution in [0.5, 0.6) is 0 Å². The van der Waals surface area contributed by atoms with E-state index in [1.165, 1.54) is 32.1 Å². The lowest BCUT2D eigenvalue weighted by Crippen LogP contribution is -2.42. The van der Waals surface area contributed by atoms with Gasteiger partial charge in [0.15, 0.2) is 0 Å². The van der Waals surface area contributed by atoms with Crippen LogP contribution in [0.3, 0.4) is 0 Å². The number of rotatable bonds is 2. The fourth-order valence-corrected chi connectivity index (χ4v) is 3.46. The second-order valence-corrected chi connectivity index (χ2v) is 5.30. The summed E-state index contributed by atoms with van der Waals surface area (Å²) in [5.74, 6) is -0.128. The number of piperidine rings is 1. The van der Waals surface area contributed by atoms with Gasteiger partial charge in [0.25, 0.3) is 0 Å². The van der Waals surface area contributed by atoms with E-state index >= 15 is 0 Å². The van der Waals surface area contributed by atoms with E-state index in [1.54, 1.807) is 12.3 Å². The second-order valence-electron chi connectivity index (χ2n) is 5.30. The molecule has 2 atom stereocenters. The molecule has 2 fully saturated rings. The molecule has 96 valence electrons. The van der Waals surface area contributed by atoms with Crippen LogP contribution in [0.15, 0.2) is 18.3 Å². The maximum absolute atomic E-state index is 10.8. The van der Waals surface area contributed by atoms with Gasteiger partial charge < -0.3 is 10.0 Å². The van der Waals surface area contributed by atoms with Crippen molar-refractivity contribution in [3.63, 3.8) is 0 Å². The molecule has 4 nitrogen and oxygen atoms in total. The first-order valence-electron chi connectivity index (χ1n) is 6.72. The molecule has 1 N–H and O–H groups in total. The van der Waals surface area contributed by atoms with E-state index in [9.17, 15) is 4.79 Å². The zero-order valence-corrected chi connectivity index (χ0v) is 10.4. The van der Waals surface area contributed by atoms with Crippen molar-refractivity contribution in [3.05, 3.63) is 24.0 Å². The van der Waals surface area contributed by atoms with Gasteiger partial charge in [-0.1, -0.05) is 6.42 Å². The summed E-state index contributed by atoms with van der Waals surface area (Å²) >= 11 is 0. The van der Waals surface area contributed by atoms with Crippen LogP contribution < -0.4 is 4.90 Å². The molecule has 1 saturated heterocycles. The Balaban J connectivity index is 1.82.